The highest BCUT2D eigenvalue weighted by atomic mass is 16.2. The molecule has 1 amide bonds. The summed E-state index contributed by atoms with van der Waals surface area (Å²) in [5.41, 5.74) is 11.0. The van der Waals surface area contributed by atoms with Crippen molar-refractivity contribution in [2.45, 2.75) is 39.5 Å². The van der Waals surface area contributed by atoms with Gasteiger partial charge in [-0.1, -0.05) is 80.9 Å². The van der Waals surface area contributed by atoms with Crippen LogP contribution in [0.4, 0.5) is 0 Å². The Balaban J connectivity index is 1.62. The van der Waals surface area contributed by atoms with Crippen molar-refractivity contribution >= 4 is 28.0 Å². The van der Waals surface area contributed by atoms with E-state index in [9.17, 15) is 4.79 Å². The molecule has 0 aliphatic heterocycles. The Bertz CT molecular complexity index is 1510. The minimum atomic E-state index is -0.207. The standard InChI is InChI=1S/C30H28N4O/c1-19(2)27-17-22(21-11-6-5-7-12-21)18-28(20(3)4)34(27)33-30(35)23-13-10-16-26-29(23)32-25-15-9-8-14-24(25)31-26/h5-20H,1-4H3/p+1. The van der Waals surface area contributed by atoms with Gasteiger partial charge in [0.2, 0.25) is 11.4 Å². The summed E-state index contributed by atoms with van der Waals surface area (Å²) in [6.45, 7) is 8.58. The largest absolute Gasteiger partial charge is 0.307 e. The van der Waals surface area contributed by atoms with Gasteiger partial charge in [0.15, 0.2) is 0 Å². The van der Waals surface area contributed by atoms with Crippen molar-refractivity contribution < 1.29 is 9.47 Å². The molecule has 0 saturated carbocycles. The topological polar surface area (TPSA) is 58.8 Å². The monoisotopic (exact) mass is 461 g/mol. The Morgan fingerprint density at radius 3 is 1.89 bits per heavy atom. The Morgan fingerprint density at radius 2 is 1.26 bits per heavy atom. The first-order valence-electron chi connectivity index (χ1n) is 12.0. The number of nitrogens with one attached hydrogen (secondary N) is 1. The van der Waals surface area contributed by atoms with Gasteiger partial charge in [0.05, 0.1) is 22.1 Å². The molecule has 0 aliphatic carbocycles. The number of nitrogens with zero attached hydrogens (tertiary/aromatic N) is 3. The van der Waals surface area contributed by atoms with Gasteiger partial charge in [-0.3, -0.25) is 4.79 Å². The molecule has 0 aliphatic rings. The summed E-state index contributed by atoms with van der Waals surface area (Å²) in [7, 11) is 0. The number of hydrogen-bond donors (Lipinski definition) is 1. The fourth-order valence-electron chi connectivity index (χ4n) is 4.40. The van der Waals surface area contributed by atoms with Crippen molar-refractivity contribution in [2.24, 2.45) is 0 Å². The van der Waals surface area contributed by atoms with Gasteiger partial charge in [0.1, 0.15) is 5.52 Å². The molecule has 0 atom stereocenters. The zero-order valence-electron chi connectivity index (χ0n) is 20.5. The van der Waals surface area contributed by atoms with Crippen molar-refractivity contribution in [3.05, 3.63) is 102 Å². The van der Waals surface area contributed by atoms with E-state index in [1.807, 2.05) is 65.3 Å². The Morgan fingerprint density at radius 1 is 0.686 bits per heavy atom. The fraction of sp³-hybridized carbons (Fsp3) is 0.200. The predicted molar refractivity (Wildman–Crippen MR) is 141 cm³/mol. The maximum Gasteiger partial charge on any atom is 0.307 e. The Labute approximate surface area is 205 Å². The molecule has 2 heterocycles. The molecular formula is C30H29N4O+. The van der Waals surface area contributed by atoms with E-state index in [0.29, 0.717) is 16.6 Å². The molecule has 0 saturated heterocycles. The van der Waals surface area contributed by atoms with Gasteiger partial charge in [-0.2, -0.15) is 0 Å². The van der Waals surface area contributed by atoms with E-state index >= 15 is 0 Å². The van der Waals surface area contributed by atoms with Crippen LogP contribution in [0.15, 0.2) is 84.9 Å². The summed E-state index contributed by atoms with van der Waals surface area (Å²) in [5.74, 6) is 0.196. The molecule has 5 aromatic rings. The molecule has 0 fully saturated rings. The van der Waals surface area contributed by atoms with Crippen LogP contribution in [0.25, 0.3) is 33.2 Å². The van der Waals surface area contributed by atoms with Crippen LogP contribution in [-0.4, -0.2) is 15.9 Å². The van der Waals surface area contributed by atoms with Gasteiger partial charge in [0.25, 0.3) is 0 Å². The lowest BCUT2D eigenvalue weighted by Crippen LogP contribution is -2.55. The maximum atomic E-state index is 13.7. The molecule has 2 aromatic heterocycles. The van der Waals surface area contributed by atoms with E-state index in [-0.39, 0.29) is 17.7 Å². The number of carbonyl (C=O) groups excluding carboxylic acids is 1. The predicted octanol–water partition coefficient (Wildman–Crippen LogP) is 6.37. The molecule has 0 radical (unpaired) electrons. The van der Waals surface area contributed by atoms with Crippen LogP contribution >= 0.6 is 0 Å². The number of aromatic nitrogens is 3. The second-order valence-electron chi connectivity index (χ2n) is 9.43. The molecule has 5 heteroatoms. The van der Waals surface area contributed by atoms with Crippen LogP contribution in [0.3, 0.4) is 0 Å². The molecule has 35 heavy (non-hydrogen) atoms. The first-order valence-corrected chi connectivity index (χ1v) is 12.0. The number of benzene rings is 3. The third-order valence-electron chi connectivity index (χ3n) is 6.24. The lowest BCUT2D eigenvalue weighted by Gasteiger charge is -2.15. The van der Waals surface area contributed by atoms with Gasteiger partial charge in [-0.05, 0) is 35.4 Å². The minimum Gasteiger partial charge on any atom is -0.263 e. The number of carbonyl (C=O) groups is 1. The van der Waals surface area contributed by atoms with Crippen molar-refractivity contribution in [3.8, 4) is 11.1 Å². The average molecular weight is 462 g/mol. The fourth-order valence-corrected chi connectivity index (χ4v) is 4.40. The van der Waals surface area contributed by atoms with Crippen LogP contribution in [0.5, 0.6) is 0 Å². The summed E-state index contributed by atoms with van der Waals surface area (Å²) in [6, 6.07) is 28.0. The molecule has 0 bridgehead atoms. The first kappa shape index (κ1) is 22.7. The van der Waals surface area contributed by atoms with Crippen LogP contribution < -0.4 is 10.1 Å². The summed E-state index contributed by atoms with van der Waals surface area (Å²) in [5, 5.41) is 0. The molecular weight excluding hydrogens is 432 g/mol. The zero-order valence-corrected chi connectivity index (χ0v) is 20.5. The van der Waals surface area contributed by atoms with E-state index in [2.05, 4.69) is 57.4 Å². The molecule has 0 spiro atoms. The summed E-state index contributed by atoms with van der Waals surface area (Å²) in [4.78, 5) is 23.2. The highest BCUT2D eigenvalue weighted by Crippen LogP contribution is 2.26. The second-order valence-corrected chi connectivity index (χ2v) is 9.43. The number of para-hydroxylation sites is 3. The van der Waals surface area contributed by atoms with E-state index in [0.717, 1.165) is 33.5 Å². The van der Waals surface area contributed by atoms with Gasteiger partial charge in [0, 0.05) is 24.0 Å². The van der Waals surface area contributed by atoms with Crippen LogP contribution in [0, 0.1) is 0 Å². The van der Waals surface area contributed by atoms with E-state index in [1.54, 1.807) is 0 Å². The molecule has 1 N–H and O–H groups in total. The number of rotatable bonds is 5. The summed E-state index contributed by atoms with van der Waals surface area (Å²) >= 11 is 0. The average Bonchev–Trinajstić information content (AvgIpc) is 2.87. The zero-order chi connectivity index (χ0) is 24.5. The molecule has 174 valence electrons. The highest BCUT2D eigenvalue weighted by molar-refractivity contribution is 6.08. The van der Waals surface area contributed by atoms with Crippen molar-refractivity contribution in [1.29, 1.82) is 0 Å². The molecule has 0 unspecified atom stereocenters. The van der Waals surface area contributed by atoms with Gasteiger partial charge in [-0.25, -0.2) is 9.97 Å². The summed E-state index contributed by atoms with van der Waals surface area (Å²) in [6.07, 6.45) is 0. The SMILES string of the molecule is CC(C)c1cc(-c2ccccc2)cc(C(C)C)[n+]1NC(=O)c1cccc2nc3ccccc3nc12. The van der Waals surface area contributed by atoms with Gasteiger partial charge in [-0.15, -0.1) is 5.43 Å². The first-order chi connectivity index (χ1) is 16.9. The normalized spacial score (nSPS) is 11.5. The Kier molecular flexibility index (Phi) is 6.00. The third kappa shape index (κ3) is 4.37. The Hall–Kier alpha value is -4.12. The van der Waals surface area contributed by atoms with E-state index in [1.165, 1.54) is 0 Å². The number of hydrogen-bond acceptors (Lipinski definition) is 3. The van der Waals surface area contributed by atoms with Gasteiger partial charge < -0.3 is 0 Å². The minimum absolute atomic E-state index is 0.202. The lowest BCUT2D eigenvalue weighted by atomic mass is 9.98. The number of pyridine rings is 1. The molecule has 3 aromatic carbocycles. The molecule has 5 nitrogen and oxygen atoms in total. The second kappa shape index (κ2) is 9.26. The van der Waals surface area contributed by atoms with Crippen LogP contribution in [0.1, 0.15) is 61.3 Å². The smallest absolute Gasteiger partial charge is 0.263 e. The third-order valence-corrected chi connectivity index (χ3v) is 6.24. The lowest BCUT2D eigenvalue weighted by molar-refractivity contribution is -0.659. The van der Waals surface area contributed by atoms with Crippen LogP contribution in [-0.2, 0) is 0 Å². The van der Waals surface area contributed by atoms with Crippen molar-refractivity contribution in [1.82, 2.24) is 9.97 Å². The van der Waals surface area contributed by atoms with Crippen molar-refractivity contribution in [3.63, 3.8) is 0 Å². The maximum absolute atomic E-state index is 13.7. The number of fused-ring (bicyclic) bond motifs is 2. The number of amides is 1. The van der Waals surface area contributed by atoms with E-state index < -0.39 is 0 Å². The highest BCUT2D eigenvalue weighted by Gasteiger charge is 2.27. The molecule has 5 rings (SSSR count). The van der Waals surface area contributed by atoms with E-state index in [4.69, 9.17) is 9.97 Å². The van der Waals surface area contributed by atoms with Gasteiger partial charge >= 0.3 is 5.91 Å². The quantitative estimate of drug-likeness (QED) is 0.244. The van der Waals surface area contributed by atoms with Crippen molar-refractivity contribution in [2.75, 3.05) is 5.43 Å². The van der Waals surface area contributed by atoms with Crippen LogP contribution in [0.2, 0.25) is 0 Å². The summed E-state index contributed by atoms with van der Waals surface area (Å²) < 4.78 is 1.96.